The second-order valence-corrected chi connectivity index (χ2v) is 9.02. The summed E-state index contributed by atoms with van der Waals surface area (Å²) in [5, 5.41) is 0.748. The van der Waals surface area contributed by atoms with Crippen molar-refractivity contribution < 1.29 is 9.53 Å². The van der Waals surface area contributed by atoms with E-state index in [1.165, 1.54) is 11.1 Å². The summed E-state index contributed by atoms with van der Waals surface area (Å²) in [6.45, 7) is 5.50. The van der Waals surface area contributed by atoms with Crippen molar-refractivity contribution in [2.45, 2.75) is 37.7 Å². The summed E-state index contributed by atoms with van der Waals surface area (Å²) >= 11 is 3.25. The second-order valence-electron chi connectivity index (χ2n) is 7.13. The van der Waals surface area contributed by atoms with E-state index in [1.807, 2.05) is 35.4 Å². The van der Waals surface area contributed by atoms with Gasteiger partial charge in [0.2, 0.25) is 0 Å². The van der Waals surface area contributed by atoms with Gasteiger partial charge in [-0.2, -0.15) is 0 Å². The Balaban J connectivity index is 1.72. The second kappa shape index (κ2) is 8.23. The maximum Gasteiger partial charge on any atom is 0.260 e. The molecule has 0 saturated carbocycles. The van der Waals surface area contributed by atoms with Crippen LogP contribution in [0.5, 0.6) is 0 Å². The van der Waals surface area contributed by atoms with Gasteiger partial charge in [0, 0.05) is 17.1 Å². The number of carbonyl (C=O) groups is 1. The number of fused-ring (bicyclic) bond motifs is 1. The van der Waals surface area contributed by atoms with Crippen LogP contribution in [0, 0.1) is 13.8 Å². The summed E-state index contributed by atoms with van der Waals surface area (Å²) in [6, 6.07) is 12.0. The first-order valence-corrected chi connectivity index (χ1v) is 11.5. The number of hydrogen-bond acceptors (Lipinski definition) is 5. The fraction of sp³-hybridized carbons (Fsp3) is 0.364. The minimum Gasteiger partial charge on any atom is -0.376 e. The number of benzene rings is 2. The van der Waals surface area contributed by atoms with Crippen LogP contribution in [0.3, 0.4) is 0 Å². The van der Waals surface area contributed by atoms with E-state index in [2.05, 4.69) is 26.0 Å². The third kappa shape index (κ3) is 3.81. The number of thioether (sulfide) groups is 1. The molecule has 146 valence electrons. The summed E-state index contributed by atoms with van der Waals surface area (Å²) in [7, 11) is 0. The van der Waals surface area contributed by atoms with Gasteiger partial charge in [0.1, 0.15) is 0 Å². The van der Waals surface area contributed by atoms with Crippen LogP contribution in [0.2, 0.25) is 0 Å². The molecule has 6 heteroatoms. The molecule has 0 aliphatic carbocycles. The Kier molecular flexibility index (Phi) is 5.71. The highest BCUT2D eigenvalue weighted by molar-refractivity contribution is 7.98. The molecule has 1 aliphatic rings. The molecule has 2 aromatic carbocycles. The highest BCUT2D eigenvalue weighted by atomic mass is 32.2. The van der Waals surface area contributed by atoms with Crippen molar-refractivity contribution in [1.82, 2.24) is 4.98 Å². The number of hydrogen-bond donors (Lipinski definition) is 0. The molecule has 1 aliphatic heterocycles. The molecule has 2 heterocycles. The summed E-state index contributed by atoms with van der Waals surface area (Å²) in [6.07, 6.45) is 4.14. The van der Waals surface area contributed by atoms with Crippen molar-refractivity contribution in [3.63, 3.8) is 0 Å². The first kappa shape index (κ1) is 19.4. The van der Waals surface area contributed by atoms with Gasteiger partial charge in [-0.05, 0) is 74.4 Å². The largest absolute Gasteiger partial charge is 0.376 e. The summed E-state index contributed by atoms with van der Waals surface area (Å²) in [5.74, 6) is -0.0171. The van der Waals surface area contributed by atoms with E-state index in [4.69, 9.17) is 9.72 Å². The number of amides is 1. The number of anilines is 1. The Morgan fingerprint density at radius 3 is 2.71 bits per heavy atom. The van der Waals surface area contributed by atoms with Gasteiger partial charge in [0.25, 0.3) is 5.91 Å². The molecule has 4 nitrogen and oxygen atoms in total. The number of aryl methyl sites for hydroxylation is 2. The van der Waals surface area contributed by atoms with Gasteiger partial charge in [-0.25, -0.2) is 4.98 Å². The fourth-order valence-electron chi connectivity index (χ4n) is 3.46. The molecular weight excluding hydrogens is 388 g/mol. The molecule has 0 radical (unpaired) electrons. The molecule has 3 aromatic rings. The van der Waals surface area contributed by atoms with Crippen LogP contribution in [-0.2, 0) is 4.74 Å². The van der Waals surface area contributed by atoms with Crippen molar-refractivity contribution in [2.24, 2.45) is 0 Å². The molecule has 1 fully saturated rings. The molecule has 0 bridgehead atoms. The van der Waals surface area contributed by atoms with Crippen molar-refractivity contribution in [2.75, 3.05) is 24.3 Å². The molecule has 1 unspecified atom stereocenters. The first-order chi connectivity index (χ1) is 13.6. The zero-order valence-corrected chi connectivity index (χ0v) is 18.0. The lowest BCUT2D eigenvalue weighted by atomic mass is 10.1. The lowest BCUT2D eigenvalue weighted by molar-refractivity contribution is 0.0917. The predicted octanol–water partition coefficient (Wildman–Crippen LogP) is 5.46. The third-order valence-corrected chi connectivity index (χ3v) is 7.08. The summed E-state index contributed by atoms with van der Waals surface area (Å²) in [4.78, 5) is 21.2. The fourth-order valence-corrected chi connectivity index (χ4v) is 4.90. The lowest BCUT2D eigenvalue weighted by Gasteiger charge is -2.23. The number of ether oxygens (including phenoxy) is 1. The van der Waals surface area contributed by atoms with Gasteiger partial charge in [-0.1, -0.05) is 17.4 Å². The normalized spacial score (nSPS) is 16.6. The highest BCUT2D eigenvalue weighted by Crippen LogP contribution is 2.33. The highest BCUT2D eigenvalue weighted by Gasteiger charge is 2.27. The Morgan fingerprint density at radius 2 is 2.04 bits per heavy atom. The minimum atomic E-state index is -0.0171. The van der Waals surface area contributed by atoms with E-state index in [1.54, 1.807) is 23.1 Å². The van der Waals surface area contributed by atoms with Gasteiger partial charge in [-0.15, -0.1) is 11.8 Å². The Hall–Kier alpha value is -1.89. The van der Waals surface area contributed by atoms with Gasteiger partial charge in [-0.3, -0.25) is 9.69 Å². The van der Waals surface area contributed by atoms with E-state index in [0.717, 1.165) is 39.7 Å². The molecular formula is C22H24N2O2S2. The van der Waals surface area contributed by atoms with Gasteiger partial charge in [0.15, 0.2) is 5.13 Å². The SMILES string of the molecule is CSc1ccc(C(=O)N(CC2CCCO2)c2nc3c(C)c(C)ccc3s2)cc1. The van der Waals surface area contributed by atoms with Crippen LogP contribution in [0.15, 0.2) is 41.3 Å². The van der Waals surface area contributed by atoms with E-state index in [0.29, 0.717) is 12.1 Å². The van der Waals surface area contributed by atoms with Crippen molar-refractivity contribution >= 4 is 44.4 Å². The monoisotopic (exact) mass is 412 g/mol. The molecule has 1 atom stereocenters. The molecule has 1 aromatic heterocycles. The average Bonchev–Trinajstić information content (AvgIpc) is 3.38. The average molecular weight is 413 g/mol. The molecule has 0 N–H and O–H groups in total. The zero-order chi connectivity index (χ0) is 19.7. The van der Waals surface area contributed by atoms with E-state index >= 15 is 0 Å². The number of thiazole rings is 1. The standard InChI is InChI=1S/C22H24N2O2S2/c1-14-6-11-19-20(15(14)2)23-22(28-19)24(13-17-5-4-12-26-17)21(25)16-7-9-18(27-3)10-8-16/h6-11,17H,4-5,12-13H2,1-3H3. The maximum absolute atomic E-state index is 13.4. The Morgan fingerprint density at radius 1 is 1.25 bits per heavy atom. The molecule has 28 heavy (non-hydrogen) atoms. The quantitative estimate of drug-likeness (QED) is 0.522. The van der Waals surface area contributed by atoms with Gasteiger partial charge in [0.05, 0.1) is 22.9 Å². The molecule has 1 amide bonds. The van der Waals surface area contributed by atoms with E-state index < -0.39 is 0 Å². The van der Waals surface area contributed by atoms with Gasteiger partial charge < -0.3 is 4.74 Å². The number of carbonyl (C=O) groups excluding carboxylic acids is 1. The van der Waals surface area contributed by atoms with Crippen LogP contribution in [0.1, 0.15) is 34.3 Å². The van der Waals surface area contributed by atoms with Crippen molar-refractivity contribution in [3.8, 4) is 0 Å². The van der Waals surface area contributed by atoms with Crippen molar-refractivity contribution in [1.29, 1.82) is 0 Å². The molecule has 4 rings (SSSR count). The molecule has 1 saturated heterocycles. The summed E-state index contributed by atoms with van der Waals surface area (Å²) < 4.78 is 6.94. The zero-order valence-electron chi connectivity index (χ0n) is 16.4. The number of nitrogens with zero attached hydrogens (tertiary/aromatic N) is 2. The lowest BCUT2D eigenvalue weighted by Crippen LogP contribution is -2.37. The van der Waals surface area contributed by atoms with E-state index in [9.17, 15) is 4.79 Å². The van der Waals surface area contributed by atoms with Crippen LogP contribution in [-0.4, -0.2) is 36.4 Å². The Bertz CT molecular complexity index is 992. The van der Waals surface area contributed by atoms with Crippen molar-refractivity contribution in [3.05, 3.63) is 53.1 Å². The van der Waals surface area contributed by atoms with Crippen LogP contribution < -0.4 is 4.90 Å². The smallest absolute Gasteiger partial charge is 0.260 e. The third-order valence-electron chi connectivity index (χ3n) is 5.30. The first-order valence-electron chi connectivity index (χ1n) is 9.51. The summed E-state index contributed by atoms with van der Waals surface area (Å²) in [5.41, 5.74) is 4.06. The predicted molar refractivity (Wildman–Crippen MR) is 118 cm³/mol. The topological polar surface area (TPSA) is 42.4 Å². The maximum atomic E-state index is 13.4. The number of rotatable bonds is 5. The Labute approximate surface area is 173 Å². The number of aromatic nitrogens is 1. The molecule has 0 spiro atoms. The van der Waals surface area contributed by atoms with Gasteiger partial charge >= 0.3 is 0 Å². The minimum absolute atomic E-state index is 0.0171. The van der Waals surface area contributed by atoms with Crippen LogP contribution >= 0.6 is 23.1 Å². The van der Waals surface area contributed by atoms with Crippen LogP contribution in [0.25, 0.3) is 10.2 Å². The van der Waals surface area contributed by atoms with E-state index in [-0.39, 0.29) is 12.0 Å². The van der Waals surface area contributed by atoms with Crippen LogP contribution in [0.4, 0.5) is 5.13 Å².